The summed E-state index contributed by atoms with van der Waals surface area (Å²) in [4.78, 5) is 38.9. The smallest absolute Gasteiger partial charge is 0.323 e. The van der Waals surface area contributed by atoms with Crippen molar-refractivity contribution < 1.29 is 24.2 Å². The van der Waals surface area contributed by atoms with E-state index < -0.39 is 5.97 Å². The highest BCUT2D eigenvalue weighted by Gasteiger charge is 2.28. The molecule has 0 aromatic heterocycles. The van der Waals surface area contributed by atoms with E-state index in [0.29, 0.717) is 37.2 Å². The molecular weight excluding hydrogens is 336 g/mol. The number of benzene rings is 1. The van der Waals surface area contributed by atoms with Crippen LogP contribution in [0.15, 0.2) is 18.2 Å². The van der Waals surface area contributed by atoms with E-state index in [1.165, 1.54) is 11.8 Å². The molecule has 7 heteroatoms. The number of carboxylic acid groups (broad SMARTS) is 1. The van der Waals surface area contributed by atoms with Crippen LogP contribution in [-0.2, 0) is 9.59 Å². The lowest BCUT2D eigenvalue weighted by Crippen LogP contribution is -2.43. The van der Waals surface area contributed by atoms with Gasteiger partial charge in [0.1, 0.15) is 12.3 Å². The molecule has 1 aromatic carbocycles. The second-order valence-electron chi connectivity index (χ2n) is 6.60. The Morgan fingerprint density at radius 2 is 2.00 bits per heavy atom. The molecule has 1 fully saturated rings. The Labute approximate surface area is 153 Å². The maximum atomic E-state index is 12.9. The zero-order valence-corrected chi connectivity index (χ0v) is 15.5. The van der Waals surface area contributed by atoms with Crippen LogP contribution in [-0.4, -0.2) is 65.5 Å². The molecule has 0 bridgehead atoms. The third kappa shape index (κ3) is 4.74. The molecule has 142 valence electrons. The van der Waals surface area contributed by atoms with Gasteiger partial charge in [-0.2, -0.15) is 0 Å². The van der Waals surface area contributed by atoms with Crippen LogP contribution in [0.1, 0.15) is 42.1 Å². The van der Waals surface area contributed by atoms with Crippen molar-refractivity contribution in [2.24, 2.45) is 0 Å². The van der Waals surface area contributed by atoms with E-state index in [-0.39, 0.29) is 24.4 Å². The van der Waals surface area contributed by atoms with E-state index in [1.807, 2.05) is 13.0 Å². The lowest BCUT2D eigenvalue weighted by atomic mass is 10.1. The number of carbonyl (C=O) groups excluding carboxylic acids is 2. The van der Waals surface area contributed by atoms with Gasteiger partial charge in [0.25, 0.3) is 5.91 Å². The normalized spacial score (nSPS) is 17.3. The SMILES string of the molecule is COc1ccc(C(=O)N2CCCC(N(CC(=O)O)C(C)=O)CC2)c(C)c1. The van der Waals surface area contributed by atoms with Gasteiger partial charge in [0.2, 0.25) is 5.91 Å². The van der Waals surface area contributed by atoms with Crippen molar-refractivity contribution >= 4 is 17.8 Å². The van der Waals surface area contributed by atoms with Crippen molar-refractivity contribution in [3.63, 3.8) is 0 Å². The van der Waals surface area contributed by atoms with Gasteiger partial charge in [-0.25, -0.2) is 0 Å². The highest BCUT2D eigenvalue weighted by atomic mass is 16.5. The van der Waals surface area contributed by atoms with Crippen molar-refractivity contribution in [2.75, 3.05) is 26.7 Å². The zero-order chi connectivity index (χ0) is 19.3. The molecule has 0 spiro atoms. The number of amides is 2. The topological polar surface area (TPSA) is 87.2 Å². The minimum Gasteiger partial charge on any atom is -0.497 e. The molecule has 1 unspecified atom stereocenters. The van der Waals surface area contributed by atoms with E-state index in [0.717, 1.165) is 12.0 Å². The number of carboxylic acids is 1. The average Bonchev–Trinajstić information content (AvgIpc) is 2.84. The van der Waals surface area contributed by atoms with Crippen molar-refractivity contribution in [3.05, 3.63) is 29.3 Å². The summed E-state index contributed by atoms with van der Waals surface area (Å²) >= 11 is 0. The Morgan fingerprint density at radius 3 is 2.58 bits per heavy atom. The van der Waals surface area contributed by atoms with Crippen molar-refractivity contribution in [1.29, 1.82) is 0 Å². The van der Waals surface area contributed by atoms with Crippen LogP contribution in [0.3, 0.4) is 0 Å². The van der Waals surface area contributed by atoms with Crippen LogP contribution >= 0.6 is 0 Å². The fourth-order valence-electron chi connectivity index (χ4n) is 3.41. The van der Waals surface area contributed by atoms with Gasteiger partial charge in [-0.05, 0) is 49.9 Å². The Balaban J connectivity index is 2.08. The highest BCUT2D eigenvalue weighted by molar-refractivity contribution is 5.95. The lowest BCUT2D eigenvalue weighted by Gasteiger charge is -2.29. The number of ether oxygens (including phenoxy) is 1. The maximum Gasteiger partial charge on any atom is 0.323 e. The average molecular weight is 362 g/mol. The monoisotopic (exact) mass is 362 g/mol. The quantitative estimate of drug-likeness (QED) is 0.865. The number of nitrogens with zero attached hydrogens (tertiary/aromatic N) is 2. The first kappa shape index (κ1) is 19.8. The molecule has 7 nitrogen and oxygen atoms in total. The summed E-state index contributed by atoms with van der Waals surface area (Å²) in [6, 6.07) is 5.22. The molecule has 1 aliphatic heterocycles. The van der Waals surface area contributed by atoms with Gasteiger partial charge < -0.3 is 19.6 Å². The zero-order valence-electron chi connectivity index (χ0n) is 15.5. The Kier molecular flexibility index (Phi) is 6.60. The molecule has 0 saturated carbocycles. The number of aliphatic carboxylic acids is 1. The number of aryl methyl sites for hydroxylation is 1. The minimum absolute atomic E-state index is 0.0431. The summed E-state index contributed by atoms with van der Waals surface area (Å²) in [5.41, 5.74) is 1.49. The summed E-state index contributed by atoms with van der Waals surface area (Å²) in [6.45, 7) is 4.06. The predicted molar refractivity (Wildman–Crippen MR) is 96.3 cm³/mol. The highest BCUT2D eigenvalue weighted by Crippen LogP contribution is 2.22. The molecule has 0 aliphatic carbocycles. The molecule has 1 heterocycles. The van der Waals surface area contributed by atoms with Crippen LogP contribution in [0, 0.1) is 6.92 Å². The number of likely N-dealkylation sites (tertiary alicyclic amines) is 1. The van der Waals surface area contributed by atoms with E-state index >= 15 is 0 Å². The number of hydrogen-bond donors (Lipinski definition) is 1. The van der Waals surface area contributed by atoms with E-state index in [9.17, 15) is 14.4 Å². The third-order valence-electron chi connectivity index (χ3n) is 4.80. The molecule has 1 aliphatic rings. The molecule has 2 amide bonds. The number of carbonyl (C=O) groups is 3. The molecule has 0 radical (unpaired) electrons. The summed E-state index contributed by atoms with van der Waals surface area (Å²) in [7, 11) is 1.59. The largest absolute Gasteiger partial charge is 0.497 e. The van der Waals surface area contributed by atoms with Gasteiger partial charge in [-0.15, -0.1) is 0 Å². The van der Waals surface area contributed by atoms with Crippen molar-refractivity contribution in [3.8, 4) is 5.75 Å². The second kappa shape index (κ2) is 8.69. The summed E-state index contributed by atoms with van der Waals surface area (Å²) in [5, 5.41) is 9.03. The first-order valence-corrected chi connectivity index (χ1v) is 8.76. The summed E-state index contributed by atoms with van der Waals surface area (Å²) in [6.07, 6.45) is 2.00. The Morgan fingerprint density at radius 1 is 1.27 bits per heavy atom. The van der Waals surface area contributed by atoms with Gasteiger partial charge in [-0.1, -0.05) is 0 Å². The molecule has 1 atom stereocenters. The standard InChI is InChI=1S/C19H26N2O5/c1-13-11-16(26-3)6-7-17(13)19(25)20-9-4-5-15(8-10-20)21(14(2)22)12-18(23)24/h6-7,11,15H,4-5,8-10,12H2,1-3H3,(H,23,24). The molecule has 1 N–H and O–H groups in total. The van der Waals surface area contributed by atoms with Gasteiger partial charge in [-0.3, -0.25) is 14.4 Å². The molecular formula is C19H26N2O5. The number of methoxy groups -OCH3 is 1. The van der Waals surface area contributed by atoms with Gasteiger partial charge in [0, 0.05) is 31.6 Å². The van der Waals surface area contributed by atoms with Crippen molar-refractivity contribution in [1.82, 2.24) is 9.80 Å². The summed E-state index contributed by atoms with van der Waals surface area (Å²) < 4.78 is 5.18. The molecule has 1 aromatic rings. The minimum atomic E-state index is -1.02. The fraction of sp³-hybridized carbons (Fsp3) is 0.526. The second-order valence-corrected chi connectivity index (χ2v) is 6.60. The fourth-order valence-corrected chi connectivity index (χ4v) is 3.41. The van der Waals surface area contributed by atoms with E-state index in [1.54, 1.807) is 24.1 Å². The lowest BCUT2D eigenvalue weighted by molar-refractivity contribution is -0.145. The van der Waals surface area contributed by atoms with E-state index in [2.05, 4.69) is 0 Å². The molecule has 26 heavy (non-hydrogen) atoms. The van der Waals surface area contributed by atoms with Crippen LogP contribution in [0.25, 0.3) is 0 Å². The molecule has 2 rings (SSSR count). The number of hydrogen-bond acceptors (Lipinski definition) is 4. The van der Waals surface area contributed by atoms with Gasteiger partial charge in [0.15, 0.2) is 0 Å². The molecule has 1 saturated heterocycles. The van der Waals surface area contributed by atoms with Crippen LogP contribution in [0.4, 0.5) is 0 Å². The van der Waals surface area contributed by atoms with Crippen LogP contribution < -0.4 is 4.74 Å². The predicted octanol–water partition coefficient (Wildman–Crippen LogP) is 1.93. The van der Waals surface area contributed by atoms with Crippen LogP contribution in [0.5, 0.6) is 5.75 Å². The number of rotatable bonds is 5. The first-order valence-electron chi connectivity index (χ1n) is 8.76. The Hall–Kier alpha value is -2.57. The maximum absolute atomic E-state index is 12.9. The van der Waals surface area contributed by atoms with Gasteiger partial charge >= 0.3 is 5.97 Å². The first-order chi connectivity index (χ1) is 12.3. The summed E-state index contributed by atoms with van der Waals surface area (Å²) in [5.74, 6) is -0.603. The van der Waals surface area contributed by atoms with Crippen LogP contribution in [0.2, 0.25) is 0 Å². The Bertz CT molecular complexity index is 689. The van der Waals surface area contributed by atoms with Gasteiger partial charge in [0.05, 0.1) is 7.11 Å². The van der Waals surface area contributed by atoms with Crippen molar-refractivity contribution in [2.45, 2.75) is 39.2 Å². The third-order valence-corrected chi connectivity index (χ3v) is 4.80. The van der Waals surface area contributed by atoms with E-state index in [4.69, 9.17) is 9.84 Å².